The number of rotatable bonds is 8. The average molecular weight is 291 g/mol. The van der Waals surface area contributed by atoms with Crippen LogP contribution in [0.2, 0.25) is 0 Å². The summed E-state index contributed by atoms with van der Waals surface area (Å²) in [6, 6.07) is 1.77. The summed E-state index contributed by atoms with van der Waals surface area (Å²) in [4.78, 5) is 4.33. The van der Waals surface area contributed by atoms with Crippen LogP contribution in [0.4, 0.5) is 0 Å². The van der Waals surface area contributed by atoms with Crippen LogP contribution in [0.1, 0.15) is 24.7 Å². The highest BCUT2D eigenvalue weighted by Crippen LogP contribution is 2.29. The molecule has 7 heteroatoms. The summed E-state index contributed by atoms with van der Waals surface area (Å²) in [5.74, 6) is 1.29. The van der Waals surface area contributed by atoms with Gasteiger partial charge in [-0.05, 0) is 13.0 Å². The zero-order valence-electron chi connectivity index (χ0n) is 12.7. The summed E-state index contributed by atoms with van der Waals surface area (Å²) in [5, 5.41) is 11.5. The normalized spacial score (nSPS) is 10.6. The molecule has 21 heavy (non-hydrogen) atoms. The molecular formula is C14H21N5O2. The van der Waals surface area contributed by atoms with Crippen LogP contribution in [0, 0.1) is 0 Å². The molecule has 114 valence electrons. The number of hydrogen-bond donors (Lipinski definition) is 1. The highest BCUT2D eigenvalue weighted by molar-refractivity contribution is 5.42. The predicted octanol–water partition coefficient (Wildman–Crippen LogP) is 1.24. The molecule has 0 saturated carbocycles. The second-order valence-corrected chi connectivity index (χ2v) is 4.58. The Labute approximate surface area is 124 Å². The molecule has 2 rings (SSSR count). The molecule has 0 bridgehead atoms. The van der Waals surface area contributed by atoms with Crippen molar-refractivity contribution in [3.05, 3.63) is 29.8 Å². The van der Waals surface area contributed by atoms with E-state index in [1.165, 1.54) is 0 Å². The zero-order chi connectivity index (χ0) is 15.1. The third-order valence-electron chi connectivity index (χ3n) is 3.00. The van der Waals surface area contributed by atoms with Gasteiger partial charge in [-0.15, -0.1) is 5.10 Å². The molecular weight excluding hydrogens is 270 g/mol. The molecule has 0 saturated heterocycles. The maximum atomic E-state index is 5.36. The van der Waals surface area contributed by atoms with Gasteiger partial charge in [0.1, 0.15) is 5.69 Å². The maximum Gasteiger partial charge on any atom is 0.184 e. The second kappa shape index (κ2) is 7.58. The number of methoxy groups -OCH3 is 2. The number of nitrogens with zero attached hydrogens (tertiary/aromatic N) is 4. The van der Waals surface area contributed by atoms with Gasteiger partial charge in [0.05, 0.1) is 32.7 Å². The molecule has 0 radical (unpaired) electrons. The van der Waals surface area contributed by atoms with Gasteiger partial charge in [-0.2, -0.15) is 0 Å². The number of hydrogen-bond acceptors (Lipinski definition) is 6. The standard InChI is InChI=1S/C14H21N5O2/c1-4-6-15-8-11-9-19(18-17-11)10-12-14(21-3)13(20-2)5-7-16-12/h5,7,9,15H,4,6,8,10H2,1-3H3. The minimum Gasteiger partial charge on any atom is -0.493 e. The lowest BCUT2D eigenvalue weighted by Crippen LogP contribution is -2.13. The molecule has 0 spiro atoms. The quantitative estimate of drug-likeness (QED) is 0.738. The SMILES string of the molecule is CCCNCc1cn(Cc2nccc(OC)c2OC)nn1. The first kappa shape index (κ1) is 15.2. The molecule has 0 fully saturated rings. The van der Waals surface area contributed by atoms with E-state index in [1.807, 2.05) is 6.20 Å². The van der Waals surface area contributed by atoms with E-state index >= 15 is 0 Å². The Hall–Kier alpha value is -2.15. The van der Waals surface area contributed by atoms with Gasteiger partial charge in [0.25, 0.3) is 0 Å². The van der Waals surface area contributed by atoms with Crippen molar-refractivity contribution in [2.24, 2.45) is 0 Å². The minimum absolute atomic E-state index is 0.487. The first-order valence-electron chi connectivity index (χ1n) is 6.94. The third-order valence-corrected chi connectivity index (χ3v) is 3.00. The average Bonchev–Trinajstić information content (AvgIpc) is 2.94. The number of ether oxygens (including phenoxy) is 2. The van der Waals surface area contributed by atoms with E-state index in [9.17, 15) is 0 Å². The van der Waals surface area contributed by atoms with E-state index in [-0.39, 0.29) is 0 Å². The minimum atomic E-state index is 0.487. The van der Waals surface area contributed by atoms with Crippen molar-refractivity contribution in [2.75, 3.05) is 20.8 Å². The van der Waals surface area contributed by atoms with E-state index in [0.717, 1.165) is 30.9 Å². The smallest absolute Gasteiger partial charge is 0.184 e. The Bertz CT molecular complexity index is 570. The van der Waals surface area contributed by atoms with Crippen LogP contribution in [0.25, 0.3) is 0 Å². The van der Waals surface area contributed by atoms with Crippen LogP contribution < -0.4 is 14.8 Å². The predicted molar refractivity (Wildman–Crippen MR) is 78.5 cm³/mol. The Morgan fingerprint density at radius 2 is 2.14 bits per heavy atom. The number of nitrogens with one attached hydrogen (secondary N) is 1. The van der Waals surface area contributed by atoms with Crippen molar-refractivity contribution in [3.63, 3.8) is 0 Å². The molecule has 0 aliphatic rings. The van der Waals surface area contributed by atoms with Crippen molar-refractivity contribution in [3.8, 4) is 11.5 Å². The summed E-state index contributed by atoms with van der Waals surface area (Å²) in [6.07, 6.45) is 4.69. The van der Waals surface area contributed by atoms with Crippen molar-refractivity contribution in [2.45, 2.75) is 26.4 Å². The topological polar surface area (TPSA) is 74.1 Å². The van der Waals surface area contributed by atoms with Gasteiger partial charge >= 0.3 is 0 Å². The molecule has 0 aromatic carbocycles. The molecule has 0 amide bonds. The van der Waals surface area contributed by atoms with Gasteiger partial charge in [0.2, 0.25) is 0 Å². The first-order chi connectivity index (χ1) is 10.3. The highest BCUT2D eigenvalue weighted by Gasteiger charge is 2.12. The van der Waals surface area contributed by atoms with Crippen LogP contribution in [0.15, 0.2) is 18.5 Å². The summed E-state index contributed by atoms with van der Waals surface area (Å²) in [5.41, 5.74) is 1.67. The van der Waals surface area contributed by atoms with Gasteiger partial charge in [0.15, 0.2) is 11.5 Å². The Kier molecular flexibility index (Phi) is 5.51. The van der Waals surface area contributed by atoms with E-state index in [1.54, 1.807) is 31.2 Å². The Balaban J connectivity index is 2.08. The van der Waals surface area contributed by atoms with Gasteiger partial charge in [-0.25, -0.2) is 4.68 Å². The fourth-order valence-corrected chi connectivity index (χ4v) is 2.01. The van der Waals surface area contributed by atoms with E-state index in [2.05, 4.69) is 27.5 Å². The molecule has 7 nitrogen and oxygen atoms in total. The number of aromatic nitrogens is 4. The van der Waals surface area contributed by atoms with E-state index < -0.39 is 0 Å². The molecule has 2 heterocycles. The monoisotopic (exact) mass is 291 g/mol. The van der Waals surface area contributed by atoms with Crippen LogP contribution in [-0.2, 0) is 13.1 Å². The third kappa shape index (κ3) is 3.91. The second-order valence-electron chi connectivity index (χ2n) is 4.58. The molecule has 2 aromatic heterocycles. The summed E-state index contributed by atoms with van der Waals surface area (Å²) in [6.45, 7) is 4.31. The van der Waals surface area contributed by atoms with Gasteiger partial charge in [-0.3, -0.25) is 4.98 Å². The van der Waals surface area contributed by atoms with Crippen LogP contribution in [0.3, 0.4) is 0 Å². The van der Waals surface area contributed by atoms with Gasteiger partial charge in [-0.1, -0.05) is 12.1 Å². The lowest BCUT2D eigenvalue weighted by atomic mass is 10.3. The van der Waals surface area contributed by atoms with E-state index in [4.69, 9.17) is 9.47 Å². The molecule has 0 atom stereocenters. The Morgan fingerprint density at radius 1 is 1.29 bits per heavy atom. The fourth-order valence-electron chi connectivity index (χ4n) is 2.01. The van der Waals surface area contributed by atoms with Crippen molar-refractivity contribution in [1.29, 1.82) is 0 Å². The lowest BCUT2D eigenvalue weighted by Gasteiger charge is -2.11. The summed E-state index contributed by atoms with van der Waals surface area (Å²) in [7, 11) is 3.21. The largest absolute Gasteiger partial charge is 0.493 e. The van der Waals surface area contributed by atoms with E-state index in [0.29, 0.717) is 18.0 Å². The van der Waals surface area contributed by atoms with Gasteiger partial charge in [0, 0.05) is 18.8 Å². The molecule has 1 N–H and O–H groups in total. The Morgan fingerprint density at radius 3 is 2.86 bits per heavy atom. The van der Waals surface area contributed by atoms with Crippen LogP contribution in [-0.4, -0.2) is 40.7 Å². The number of pyridine rings is 1. The molecule has 0 aliphatic carbocycles. The van der Waals surface area contributed by atoms with Gasteiger partial charge < -0.3 is 14.8 Å². The van der Waals surface area contributed by atoms with Crippen molar-refractivity contribution in [1.82, 2.24) is 25.3 Å². The highest BCUT2D eigenvalue weighted by atomic mass is 16.5. The lowest BCUT2D eigenvalue weighted by molar-refractivity contribution is 0.348. The molecule has 0 aliphatic heterocycles. The van der Waals surface area contributed by atoms with Crippen molar-refractivity contribution < 1.29 is 9.47 Å². The summed E-state index contributed by atoms with van der Waals surface area (Å²) >= 11 is 0. The molecule has 2 aromatic rings. The first-order valence-corrected chi connectivity index (χ1v) is 6.94. The zero-order valence-corrected chi connectivity index (χ0v) is 12.7. The van der Waals surface area contributed by atoms with Crippen LogP contribution >= 0.6 is 0 Å². The summed E-state index contributed by atoms with van der Waals surface area (Å²) < 4.78 is 12.4. The van der Waals surface area contributed by atoms with Crippen LogP contribution in [0.5, 0.6) is 11.5 Å². The van der Waals surface area contributed by atoms with Crippen molar-refractivity contribution >= 4 is 0 Å². The fraction of sp³-hybridized carbons (Fsp3) is 0.500. The molecule has 0 unspecified atom stereocenters. The maximum absolute atomic E-state index is 5.36.